The fraction of sp³-hybridized carbons (Fsp3) is 0.417. The molecule has 1 unspecified atom stereocenters. The fourth-order valence-corrected chi connectivity index (χ4v) is 2.69. The Morgan fingerprint density at radius 3 is 2.89 bits per heavy atom. The predicted octanol–water partition coefficient (Wildman–Crippen LogP) is 1.65. The normalized spacial score (nSPS) is 18.6. The van der Waals surface area contributed by atoms with Crippen molar-refractivity contribution in [3.63, 3.8) is 0 Å². The number of non-ortho nitro benzene ring substituents is 1. The van der Waals surface area contributed by atoms with E-state index >= 15 is 0 Å². The summed E-state index contributed by atoms with van der Waals surface area (Å²) in [6.07, 6.45) is 0.772. The first-order valence-electron chi connectivity index (χ1n) is 5.87. The SMILES string of the molecule is O=C(c1cc([N+](=O)[O-])ccc1I)N1CCC(CO)C1. The van der Waals surface area contributed by atoms with Crippen LogP contribution in [0.3, 0.4) is 0 Å². The first-order chi connectivity index (χ1) is 9.02. The lowest BCUT2D eigenvalue weighted by molar-refractivity contribution is -0.384. The van der Waals surface area contributed by atoms with Crippen molar-refractivity contribution in [2.24, 2.45) is 5.92 Å². The van der Waals surface area contributed by atoms with Gasteiger partial charge in [0.05, 0.1) is 10.5 Å². The largest absolute Gasteiger partial charge is 0.396 e. The van der Waals surface area contributed by atoms with E-state index in [-0.39, 0.29) is 24.1 Å². The minimum atomic E-state index is -0.507. The number of nitrogens with zero attached hydrogens (tertiary/aromatic N) is 2. The smallest absolute Gasteiger partial charge is 0.270 e. The summed E-state index contributed by atoms with van der Waals surface area (Å²) in [4.78, 5) is 24.2. The molecule has 1 aliphatic heterocycles. The second kappa shape index (κ2) is 5.83. The molecule has 19 heavy (non-hydrogen) atoms. The lowest BCUT2D eigenvalue weighted by Crippen LogP contribution is -2.29. The quantitative estimate of drug-likeness (QED) is 0.494. The van der Waals surface area contributed by atoms with E-state index < -0.39 is 4.92 Å². The van der Waals surface area contributed by atoms with E-state index in [2.05, 4.69) is 0 Å². The molecule has 1 fully saturated rings. The average Bonchev–Trinajstić information content (AvgIpc) is 2.87. The van der Waals surface area contributed by atoms with Crippen LogP contribution in [0.25, 0.3) is 0 Å². The minimum absolute atomic E-state index is 0.0653. The van der Waals surface area contributed by atoms with Gasteiger partial charge in [0.1, 0.15) is 0 Å². The molecule has 1 N–H and O–H groups in total. The lowest BCUT2D eigenvalue weighted by atomic mass is 10.1. The number of benzene rings is 1. The summed E-state index contributed by atoms with van der Waals surface area (Å²) in [6, 6.07) is 4.28. The molecule has 1 saturated heterocycles. The van der Waals surface area contributed by atoms with Crippen molar-refractivity contribution in [1.82, 2.24) is 4.90 Å². The molecule has 1 aromatic carbocycles. The molecule has 0 saturated carbocycles. The van der Waals surface area contributed by atoms with Gasteiger partial charge in [0.2, 0.25) is 0 Å². The number of carbonyl (C=O) groups excluding carboxylic acids is 1. The van der Waals surface area contributed by atoms with E-state index in [1.165, 1.54) is 12.1 Å². The van der Waals surface area contributed by atoms with Crippen LogP contribution < -0.4 is 0 Å². The molecule has 1 atom stereocenters. The minimum Gasteiger partial charge on any atom is -0.396 e. The number of rotatable bonds is 3. The zero-order valence-electron chi connectivity index (χ0n) is 10.1. The van der Waals surface area contributed by atoms with Gasteiger partial charge in [-0.1, -0.05) is 0 Å². The Hall–Kier alpha value is -1.22. The van der Waals surface area contributed by atoms with Crippen LogP contribution in [0.1, 0.15) is 16.8 Å². The number of halogens is 1. The molecule has 0 aromatic heterocycles. The van der Waals surface area contributed by atoms with E-state index in [1.807, 2.05) is 22.6 Å². The Bertz CT molecular complexity index is 520. The van der Waals surface area contributed by atoms with Gasteiger partial charge in [-0.2, -0.15) is 0 Å². The van der Waals surface area contributed by atoms with Crippen molar-refractivity contribution in [3.8, 4) is 0 Å². The highest BCUT2D eigenvalue weighted by molar-refractivity contribution is 14.1. The predicted molar refractivity (Wildman–Crippen MR) is 76.9 cm³/mol. The van der Waals surface area contributed by atoms with E-state index in [0.29, 0.717) is 22.2 Å². The lowest BCUT2D eigenvalue weighted by Gasteiger charge is -2.16. The monoisotopic (exact) mass is 376 g/mol. The van der Waals surface area contributed by atoms with Crippen LogP contribution in [0, 0.1) is 19.6 Å². The Morgan fingerprint density at radius 1 is 1.58 bits per heavy atom. The van der Waals surface area contributed by atoms with Gasteiger partial charge in [0.15, 0.2) is 0 Å². The first kappa shape index (κ1) is 14.2. The van der Waals surface area contributed by atoms with Crippen molar-refractivity contribution >= 4 is 34.2 Å². The van der Waals surface area contributed by atoms with Crippen LogP contribution >= 0.6 is 22.6 Å². The summed E-state index contributed by atoms with van der Waals surface area (Å²) < 4.78 is 0.695. The third-order valence-electron chi connectivity index (χ3n) is 3.22. The van der Waals surface area contributed by atoms with Gasteiger partial charge in [0, 0.05) is 41.3 Å². The summed E-state index contributed by atoms with van der Waals surface area (Å²) in [5.41, 5.74) is 0.273. The van der Waals surface area contributed by atoms with Crippen LogP contribution in [0.15, 0.2) is 18.2 Å². The number of aliphatic hydroxyl groups is 1. The van der Waals surface area contributed by atoms with Crippen LogP contribution in [-0.2, 0) is 0 Å². The second-order valence-electron chi connectivity index (χ2n) is 4.51. The number of nitro benzene ring substituents is 1. The van der Waals surface area contributed by atoms with E-state index in [1.54, 1.807) is 11.0 Å². The molecule has 1 aliphatic rings. The number of amides is 1. The topological polar surface area (TPSA) is 83.7 Å². The molecule has 1 aromatic rings. The molecule has 1 amide bonds. The Balaban J connectivity index is 2.24. The molecule has 0 bridgehead atoms. The summed E-state index contributed by atoms with van der Waals surface area (Å²) >= 11 is 2.00. The van der Waals surface area contributed by atoms with E-state index in [4.69, 9.17) is 5.11 Å². The van der Waals surface area contributed by atoms with Crippen molar-refractivity contribution in [2.75, 3.05) is 19.7 Å². The van der Waals surface area contributed by atoms with Gasteiger partial charge >= 0.3 is 0 Å². The zero-order chi connectivity index (χ0) is 14.0. The third-order valence-corrected chi connectivity index (χ3v) is 4.16. The Kier molecular flexibility index (Phi) is 4.35. The van der Waals surface area contributed by atoms with Gasteiger partial charge < -0.3 is 10.0 Å². The summed E-state index contributed by atoms with van der Waals surface area (Å²) in [5.74, 6) is -0.0932. The highest BCUT2D eigenvalue weighted by Gasteiger charge is 2.28. The highest BCUT2D eigenvalue weighted by Crippen LogP contribution is 2.24. The molecule has 0 radical (unpaired) electrons. The van der Waals surface area contributed by atoms with Gasteiger partial charge in [-0.25, -0.2) is 0 Å². The van der Waals surface area contributed by atoms with Crippen LogP contribution in [-0.4, -0.2) is 40.5 Å². The van der Waals surface area contributed by atoms with Crippen molar-refractivity contribution in [2.45, 2.75) is 6.42 Å². The number of carbonyl (C=O) groups is 1. The van der Waals surface area contributed by atoms with E-state index in [9.17, 15) is 14.9 Å². The van der Waals surface area contributed by atoms with Crippen molar-refractivity contribution < 1.29 is 14.8 Å². The van der Waals surface area contributed by atoms with Crippen molar-refractivity contribution in [3.05, 3.63) is 37.4 Å². The average molecular weight is 376 g/mol. The molecule has 7 heteroatoms. The zero-order valence-corrected chi connectivity index (χ0v) is 12.2. The van der Waals surface area contributed by atoms with Gasteiger partial charge in [0.25, 0.3) is 11.6 Å². The number of likely N-dealkylation sites (tertiary alicyclic amines) is 1. The molecule has 0 aliphatic carbocycles. The Morgan fingerprint density at radius 2 is 2.32 bits per heavy atom. The second-order valence-corrected chi connectivity index (χ2v) is 5.67. The maximum atomic E-state index is 12.3. The number of hydrogen-bond donors (Lipinski definition) is 1. The molecular formula is C12H13IN2O4. The van der Waals surface area contributed by atoms with Crippen molar-refractivity contribution in [1.29, 1.82) is 0 Å². The molecule has 1 heterocycles. The summed E-state index contributed by atoms with van der Waals surface area (Å²) in [5, 5.41) is 19.8. The van der Waals surface area contributed by atoms with E-state index in [0.717, 1.165) is 6.42 Å². The summed E-state index contributed by atoms with van der Waals surface area (Å²) in [6.45, 7) is 1.16. The highest BCUT2D eigenvalue weighted by atomic mass is 127. The Labute approximate surface area is 123 Å². The molecule has 2 rings (SSSR count). The summed E-state index contributed by atoms with van der Waals surface area (Å²) in [7, 11) is 0. The van der Waals surface area contributed by atoms with Crippen LogP contribution in [0.5, 0.6) is 0 Å². The molecular weight excluding hydrogens is 363 g/mol. The van der Waals surface area contributed by atoms with Gasteiger partial charge in [-0.05, 0) is 35.1 Å². The van der Waals surface area contributed by atoms with Gasteiger partial charge in [-0.15, -0.1) is 0 Å². The molecule has 102 valence electrons. The van der Waals surface area contributed by atoms with Gasteiger partial charge in [-0.3, -0.25) is 14.9 Å². The number of aliphatic hydroxyl groups excluding tert-OH is 1. The third kappa shape index (κ3) is 3.03. The molecule has 6 nitrogen and oxygen atoms in total. The van der Waals surface area contributed by atoms with Crippen LogP contribution in [0.2, 0.25) is 0 Å². The first-order valence-corrected chi connectivity index (χ1v) is 6.95. The standard InChI is InChI=1S/C12H13IN2O4/c13-11-2-1-9(15(18)19)5-10(11)12(17)14-4-3-8(6-14)7-16/h1-2,5,8,16H,3-4,6-7H2. The maximum absolute atomic E-state index is 12.3. The molecule has 0 spiro atoms. The maximum Gasteiger partial charge on any atom is 0.270 e. The fourth-order valence-electron chi connectivity index (χ4n) is 2.13. The number of hydrogen-bond acceptors (Lipinski definition) is 4. The number of nitro groups is 1. The van der Waals surface area contributed by atoms with Crippen LogP contribution in [0.4, 0.5) is 5.69 Å².